The van der Waals surface area contributed by atoms with Crippen molar-refractivity contribution in [2.45, 2.75) is 46.0 Å². The van der Waals surface area contributed by atoms with Gasteiger partial charge < -0.3 is 9.84 Å². The largest absolute Gasteiger partial charge is 0.466 e. The third-order valence-electron chi connectivity index (χ3n) is 3.16. The monoisotopic (exact) mass is 248 g/mol. The molecule has 1 amide bonds. The van der Waals surface area contributed by atoms with Crippen LogP contribution >= 0.6 is 0 Å². The number of hydrazine groups is 1. The first kappa shape index (κ1) is 12.7. The lowest BCUT2D eigenvalue weighted by Gasteiger charge is -2.10. The van der Waals surface area contributed by atoms with Crippen LogP contribution in [0, 0.1) is 13.8 Å². The van der Waals surface area contributed by atoms with Crippen molar-refractivity contribution >= 4 is 5.91 Å². The summed E-state index contributed by atoms with van der Waals surface area (Å²) in [6.45, 7) is 3.64. The van der Waals surface area contributed by atoms with E-state index in [4.69, 9.17) is 4.42 Å². The van der Waals surface area contributed by atoms with Crippen molar-refractivity contribution in [3.05, 3.63) is 34.9 Å². The van der Waals surface area contributed by atoms with Crippen LogP contribution in [0.4, 0.5) is 0 Å². The molecular formula is C14H20N2O2. The minimum atomic E-state index is -0.144. The molecule has 0 aromatic carbocycles. The Morgan fingerprint density at radius 3 is 2.83 bits per heavy atom. The highest BCUT2D eigenvalue weighted by Gasteiger charge is 2.13. The van der Waals surface area contributed by atoms with Crippen LogP contribution in [0.1, 0.15) is 54.0 Å². The summed E-state index contributed by atoms with van der Waals surface area (Å²) in [4.78, 5) is 11.9. The first-order valence-electron chi connectivity index (χ1n) is 6.49. The van der Waals surface area contributed by atoms with Gasteiger partial charge in [0.05, 0.1) is 5.56 Å². The molecule has 1 aliphatic carbocycles. The van der Waals surface area contributed by atoms with E-state index in [-0.39, 0.29) is 5.91 Å². The highest BCUT2D eigenvalue weighted by atomic mass is 16.3. The molecule has 0 bridgehead atoms. The summed E-state index contributed by atoms with van der Waals surface area (Å²) in [7, 11) is 0. The van der Waals surface area contributed by atoms with Gasteiger partial charge in [0.2, 0.25) is 0 Å². The zero-order chi connectivity index (χ0) is 13.0. The van der Waals surface area contributed by atoms with Crippen molar-refractivity contribution in [1.82, 2.24) is 10.9 Å². The average molecular weight is 248 g/mol. The van der Waals surface area contributed by atoms with E-state index in [1.165, 1.54) is 19.3 Å². The van der Waals surface area contributed by atoms with Crippen molar-refractivity contribution in [3.8, 4) is 0 Å². The molecule has 0 unspecified atom stereocenters. The second kappa shape index (κ2) is 5.76. The predicted octanol–water partition coefficient (Wildman–Crippen LogP) is 2.98. The summed E-state index contributed by atoms with van der Waals surface area (Å²) in [5, 5.41) is 0. The topological polar surface area (TPSA) is 54.3 Å². The van der Waals surface area contributed by atoms with Gasteiger partial charge in [-0.2, -0.15) is 0 Å². The van der Waals surface area contributed by atoms with Crippen LogP contribution in [0.5, 0.6) is 0 Å². The standard InChI is InChI=1S/C14H20N2O2/c1-10-9-13(11(2)18-10)14(17)16-15-12-7-5-3-4-6-8-12/h7,9,15H,3-6,8H2,1-2H3,(H,16,17). The van der Waals surface area contributed by atoms with Crippen LogP contribution < -0.4 is 10.9 Å². The molecule has 0 radical (unpaired) electrons. The number of rotatable bonds is 3. The molecule has 4 nitrogen and oxygen atoms in total. The van der Waals surface area contributed by atoms with Gasteiger partial charge in [-0.25, -0.2) is 0 Å². The number of hydrogen-bond donors (Lipinski definition) is 2. The lowest BCUT2D eigenvalue weighted by atomic mass is 10.2. The van der Waals surface area contributed by atoms with Crippen molar-refractivity contribution in [1.29, 1.82) is 0 Å². The van der Waals surface area contributed by atoms with E-state index in [2.05, 4.69) is 16.9 Å². The molecule has 1 heterocycles. The normalized spacial score (nSPS) is 15.8. The number of amides is 1. The maximum absolute atomic E-state index is 11.9. The summed E-state index contributed by atoms with van der Waals surface area (Å²) in [6, 6.07) is 1.76. The van der Waals surface area contributed by atoms with Gasteiger partial charge in [-0.1, -0.05) is 12.5 Å². The lowest BCUT2D eigenvalue weighted by molar-refractivity contribution is 0.0936. The van der Waals surface area contributed by atoms with Gasteiger partial charge in [-0.15, -0.1) is 0 Å². The second-order valence-electron chi connectivity index (χ2n) is 4.73. The van der Waals surface area contributed by atoms with E-state index in [1.807, 2.05) is 6.92 Å². The molecule has 0 spiro atoms. The first-order chi connectivity index (χ1) is 8.66. The summed E-state index contributed by atoms with van der Waals surface area (Å²) in [6.07, 6.45) is 7.93. The van der Waals surface area contributed by atoms with Gasteiger partial charge in [0.25, 0.3) is 5.91 Å². The molecule has 0 saturated carbocycles. The van der Waals surface area contributed by atoms with E-state index in [0.29, 0.717) is 11.3 Å². The Morgan fingerprint density at radius 1 is 1.28 bits per heavy atom. The highest BCUT2D eigenvalue weighted by molar-refractivity contribution is 5.95. The number of nitrogens with one attached hydrogen (secondary N) is 2. The minimum absolute atomic E-state index is 0.144. The molecule has 1 aliphatic rings. The average Bonchev–Trinajstić information content (AvgIpc) is 2.57. The van der Waals surface area contributed by atoms with Crippen LogP contribution in [0.3, 0.4) is 0 Å². The van der Waals surface area contributed by atoms with Crippen LogP contribution in [0.2, 0.25) is 0 Å². The van der Waals surface area contributed by atoms with E-state index >= 15 is 0 Å². The van der Waals surface area contributed by atoms with E-state index in [0.717, 1.165) is 24.3 Å². The number of furan rings is 1. The number of carbonyl (C=O) groups excluding carboxylic acids is 1. The molecule has 2 rings (SSSR count). The molecule has 0 aliphatic heterocycles. The SMILES string of the molecule is Cc1cc(C(=O)NNC2=CCCCCC2)c(C)o1. The fraction of sp³-hybridized carbons (Fsp3) is 0.500. The maximum atomic E-state index is 11.9. The van der Waals surface area contributed by atoms with Crippen molar-refractivity contribution in [2.24, 2.45) is 0 Å². The van der Waals surface area contributed by atoms with Crippen LogP contribution in [0.15, 0.2) is 22.3 Å². The van der Waals surface area contributed by atoms with Crippen LogP contribution in [0.25, 0.3) is 0 Å². The molecule has 4 heteroatoms. The van der Waals surface area contributed by atoms with Gasteiger partial charge in [0, 0.05) is 5.70 Å². The molecule has 2 N–H and O–H groups in total. The molecule has 1 aromatic rings. The zero-order valence-corrected chi connectivity index (χ0v) is 11.0. The number of carbonyl (C=O) groups is 1. The Bertz CT molecular complexity index is 460. The van der Waals surface area contributed by atoms with Crippen molar-refractivity contribution in [2.75, 3.05) is 0 Å². The Kier molecular flexibility index (Phi) is 4.07. The van der Waals surface area contributed by atoms with Crippen molar-refractivity contribution < 1.29 is 9.21 Å². The molecule has 0 saturated heterocycles. The summed E-state index contributed by atoms with van der Waals surface area (Å²) in [5.41, 5.74) is 7.45. The van der Waals surface area contributed by atoms with Crippen LogP contribution in [-0.4, -0.2) is 5.91 Å². The lowest BCUT2D eigenvalue weighted by Crippen LogP contribution is -2.36. The van der Waals surface area contributed by atoms with Gasteiger partial charge in [-0.3, -0.25) is 10.2 Å². The predicted molar refractivity (Wildman–Crippen MR) is 70.0 cm³/mol. The minimum Gasteiger partial charge on any atom is -0.466 e. The molecular weight excluding hydrogens is 228 g/mol. The summed E-state index contributed by atoms with van der Waals surface area (Å²) in [5.74, 6) is 1.27. The fourth-order valence-electron chi connectivity index (χ4n) is 2.19. The molecule has 0 atom stereocenters. The van der Waals surface area contributed by atoms with Crippen LogP contribution in [-0.2, 0) is 0 Å². The highest BCUT2D eigenvalue weighted by Crippen LogP contribution is 2.15. The number of hydrogen-bond acceptors (Lipinski definition) is 3. The third-order valence-corrected chi connectivity index (χ3v) is 3.16. The Labute approximate surface area is 107 Å². The van der Waals surface area contributed by atoms with E-state index in [1.54, 1.807) is 13.0 Å². The Morgan fingerprint density at radius 2 is 2.11 bits per heavy atom. The van der Waals surface area contributed by atoms with Gasteiger partial charge in [0.15, 0.2) is 0 Å². The molecule has 18 heavy (non-hydrogen) atoms. The van der Waals surface area contributed by atoms with Gasteiger partial charge in [-0.05, 0) is 45.6 Å². The maximum Gasteiger partial charge on any atom is 0.273 e. The Balaban J connectivity index is 1.92. The van der Waals surface area contributed by atoms with E-state index in [9.17, 15) is 4.79 Å². The van der Waals surface area contributed by atoms with Crippen molar-refractivity contribution in [3.63, 3.8) is 0 Å². The van der Waals surface area contributed by atoms with Gasteiger partial charge >= 0.3 is 0 Å². The Hall–Kier alpha value is -1.71. The quantitative estimate of drug-likeness (QED) is 0.808. The zero-order valence-electron chi connectivity index (χ0n) is 11.0. The second-order valence-corrected chi connectivity index (χ2v) is 4.73. The van der Waals surface area contributed by atoms with E-state index < -0.39 is 0 Å². The summed E-state index contributed by atoms with van der Waals surface area (Å²) < 4.78 is 5.34. The molecule has 98 valence electrons. The van der Waals surface area contributed by atoms with Gasteiger partial charge in [0.1, 0.15) is 11.5 Å². The molecule has 1 aromatic heterocycles. The number of allylic oxidation sites excluding steroid dienone is 2. The summed E-state index contributed by atoms with van der Waals surface area (Å²) >= 11 is 0. The molecule has 0 fully saturated rings. The third kappa shape index (κ3) is 3.15. The fourth-order valence-corrected chi connectivity index (χ4v) is 2.19. The first-order valence-corrected chi connectivity index (χ1v) is 6.49. The smallest absolute Gasteiger partial charge is 0.273 e. The number of aryl methyl sites for hydroxylation is 2.